The average Bonchev–Trinajstić information content (AvgIpc) is 3.00. The van der Waals surface area contributed by atoms with Gasteiger partial charge in [0.15, 0.2) is 5.82 Å². The van der Waals surface area contributed by atoms with Crippen LogP contribution in [0.25, 0.3) is 32.2 Å². The Kier molecular flexibility index (Phi) is 3.70. The van der Waals surface area contributed by atoms with E-state index >= 15 is 0 Å². The third-order valence-electron chi connectivity index (χ3n) is 3.52. The first-order valence-corrected chi connectivity index (χ1v) is 8.32. The van der Waals surface area contributed by atoms with E-state index in [2.05, 4.69) is 19.9 Å². The summed E-state index contributed by atoms with van der Waals surface area (Å²) in [6.07, 6.45) is 2.95. The van der Waals surface area contributed by atoms with Crippen molar-refractivity contribution in [3.63, 3.8) is 0 Å². The van der Waals surface area contributed by atoms with Crippen LogP contribution in [0.1, 0.15) is 0 Å². The highest BCUT2D eigenvalue weighted by molar-refractivity contribution is 7.22. The molecule has 25 heavy (non-hydrogen) atoms. The number of nitrogens with zero attached hydrogens (tertiary/aromatic N) is 4. The molecule has 0 aliphatic heterocycles. The summed E-state index contributed by atoms with van der Waals surface area (Å²) in [5.41, 5.74) is 13.4. The molecule has 0 spiro atoms. The van der Waals surface area contributed by atoms with Gasteiger partial charge < -0.3 is 11.5 Å². The topological polar surface area (TPSA) is 104 Å². The lowest BCUT2D eigenvalue weighted by Crippen LogP contribution is -2.01. The molecule has 4 aromatic rings. The lowest BCUT2D eigenvalue weighted by Gasteiger charge is -2.04. The summed E-state index contributed by atoms with van der Waals surface area (Å²) in [6, 6.07) is 6.23. The van der Waals surface area contributed by atoms with Crippen molar-refractivity contribution in [2.45, 2.75) is 0 Å². The van der Waals surface area contributed by atoms with Crippen LogP contribution in [0.15, 0.2) is 36.7 Å². The molecule has 4 rings (SSSR count). The van der Waals surface area contributed by atoms with E-state index in [0.29, 0.717) is 26.6 Å². The zero-order valence-corrected chi connectivity index (χ0v) is 14.1. The van der Waals surface area contributed by atoms with Gasteiger partial charge in [-0.2, -0.15) is 0 Å². The molecule has 4 N–H and O–H groups in total. The van der Waals surface area contributed by atoms with Gasteiger partial charge in [0.05, 0.1) is 27.0 Å². The first kappa shape index (κ1) is 15.7. The number of hydrogen-bond donors (Lipinski definition) is 2. The molecule has 0 aliphatic carbocycles. The number of fused-ring (bicyclic) bond motifs is 1. The Morgan fingerprint density at radius 3 is 2.68 bits per heavy atom. The molecule has 0 radical (unpaired) electrons. The number of pyridine rings is 1. The highest BCUT2D eigenvalue weighted by atomic mass is 35.5. The quantitative estimate of drug-likeness (QED) is 0.555. The van der Waals surface area contributed by atoms with E-state index in [-0.39, 0.29) is 22.2 Å². The van der Waals surface area contributed by atoms with E-state index in [1.807, 2.05) is 0 Å². The van der Waals surface area contributed by atoms with Gasteiger partial charge in [0, 0.05) is 6.20 Å². The van der Waals surface area contributed by atoms with E-state index in [0.717, 1.165) is 0 Å². The fraction of sp³-hybridized carbons (Fsp3) is 0. The van der Waals surface area contributed by atoms with Crippen molar-refractivity contribution in [2.75, 3.05) is 11.5 Å². The number of aromatic nitrogens is 4. The number of nitrogens with two attached hydrogens (primary N) is 2. The smallest absolute Gasteiger partial charge is 0.151 e. The van der Waals surface area contributed by atoms with E-state index < -0.39 is 5.82 Å². The zero-order valence-electron chi connectivity index (χ0n) is 12.6. The normalized spacial score (nSPS) is 11.1. The Balaban J connectivity index is 1.98. The molecule has 0 amide bonds. The standard InChI is InChI=1S/C16H10ClFN6S/c17-7-2-1-3-8(18)11(7)16-23-9-4-5-21-12(14(9)25-16)13-15(20)22-6-10(19)24-13/h1-6H,(H2,19,24)(H2,20,22). The van der Waals surface area contributed by atoms with Crippen LogP contribution in [0.2, 0.25) is 5.02 Å². The summed E-state index contributed by atoms with van der Waals surface area (Å²) in [5.74, 6) is -0.0118. The number of rotatable bonds is 2. The molecule has 0 saturated heterocycles. The third-order valence-corrected chi connectivity index (χ3v) is 4.94. The second-order valence-electron chi connectivity index (χ2n) is 5.15. The molecular weight excluding hydrogens is 363 g/mol. The van der Waals surface area contributed by atoms with Crippen LogP contribution in [0.3, 0.4) is 0 Å². The molecule has 0 unspecified atom stereocenters. The van der Waals surface area contributed by atoms with Crippen molar-refractivity contribution in [1.82, 2.24) is 19.9 Å². The fourth-order valence-electron chi connectivity index (χ4n) is 2.42. The molecule has 0 bridgehead atoms. The zero-order chi connectivity index (χ0) is 17.6. The Hall–Kier alpha value is -2.84. The van der Waals surface area contributed by atoms with Crippen molar-refractivity contribution in [3.8, 4) is 22.0 Å². The summed E-state index contributed by atoms with van der Waals surface area (Å²) < 4.78 is 14.9. The van der Waals surface area contributed by atoms with Crippen LogP contribution >= 0.6 is 22.9 Å². The molecule has 3 aromatic heterocycles. The van der Waals surface area contributed by atoms with Crippen LogP contribution in [0.5, 0.6) is 0 Å². The predicted octanol–water partition coefficient (Wildman–Crippen LogP) is 3.77. The van der Waals surface area contributed by atoms with E-state index in [9.17, 15) is 4.39 Å². The number of halogens is 2. The van der Waals surface area contributed by atoms with Crippen LogP contribution in [0, 0.1) is 5.82 Å². The first-order valence-electron chi connectivity index (χ1n) is 7.13. The van der Waals surface area contributed by atoms with Crippen LogP contribution < -0.4 is 11.5 Å². The number of benzene rings is 1. The van der Waals surface area contributed by atoms with Crippen LogP contribution in [0.4, 0.5) is 16.0 Å². The third kappa shape index (κ3) is 2.65. The number of anilines is 2. The van der Waals surface area contributed by atoms with Gasteiger partial charge in [-0.05, 0) is 18.2 Å². The monoisotopic (exact) mass is 372 g/mol. The predicted molar refractivity (Wildman–Crippen MR) is 97.7 cm³/mol. The molecule has 0 fully saturated rings. The van der Waals surface area contributed by atoms with Crippen molar-refractivity contribution in [2.24, 2.45) is 0 Å². The summed E-state index contributed by atoms with van der Waals surface area (Å²) in [4.78, 5) is 17.0. The minimum atomic E-state index is -0.440. The van der Waals surface area contributed by atoms with E-state index in [1.54, 1.807) is 24.4 Å². The van der Waals surface area contributed by atoms with Gasteiger partial charge in [-0.3, -0.25) is 4.98 Å². The van der Waals surface area contributed by atoms with Gasteiger partial charge in [-0.1, -0.05) is 17.7 Å². The fourth-order valence-corrected chi connectivity index (χ4v) is 3.84. The molecule has 124 valence electrons. The highest BCUT2D eigenvalue weighted by Crippen LogP contribution is 2.39. The summed E-state index contributed by atoms with van der Waals surface area (Å²) >= 11 is 7.40. The van der Waals surface area contributed by atoms with Crippen LogP contribution in [-0.4, -0.2) is 19.9 Å². The largest absolute Gasteiger partial charge is 0.382 e. The minimum Gasteiger partial charge on any atom is -0.382 e. The maximum atomic E-state index is 14.2. The second kappa shape index (κ2) is 5.91. The van der Waals surface area contributed by atoms with Crippen molar-refractivity contribution in [1.29, 1.82) is 0 Å². The van der Waals surface area contributed by atoms with Crippen LogP contribution in [-0.2, 0) is 0 Å². The molecular formula is C16H10ClFN6S. The Bertz CT molecular complexity index is 1090. The number of thiazole rings is 1. The lowest BCUT2D eigenvalue weighted by molar-refractivity contribution is 0.631. The van der Waals surface area contributed by atoms with Gasteiger partial charge in [-0.15, -0.1) is 11.3 Å². The van der Waals surface area contributed by atoms with Gasteiger partial charge in [-0.25, -0.2) is 19.3 Å². The number of hydrogen-bond acceptors (Lipinski definition) is 7. The highest BCUT2D eigenvalue weighted by Gasteiger charge is 2.19. The van der Waals surface area contributed by atoms with Crippen molar-refractivity contribution in [3.05, 3.63) is 47.5 Å². The first-order chi connectivity index (χ1) is 12.0. The molecule has 3 heterocycles. The second-order valence-corrected chi connectivity index (χ2v) is 6.56. The Morgan fingerprint density at radius 2 is 1.88 bits per heavy atom. The maximum absolute atomic E-state index is 14.2. The SMILES string of the molecule is Nc1cnc(N)c(-c2nccc3nc(-c4c(F)cccc4Cl)sc23)n1. The lowest BCUT2D eigenvalue weighted by atomic mass is 10.2. The maximum Gasteiger partial charge on any atom is 0.151 e. The van der Waals surface area contributed by atoms with Gasteiger partial charge in [0.1, 0.15) is 28.0 Å². The average molecular weight is 373 g/mol. The Labute approximate surface area is 150 Å². The Morgan fingerprint density at radius 1 is 1.04 bits per heavy atom. The number of nitrogen functional groups attached to an aromatic ring is 2. The minimum absolute atomic E-state index is 0.202. The molecule has 9 heteroatoms. The van der Waals surface area contributed by atoms with Gasteiger partial charge in [0.2, 0.25) is 0 Å². The van der Waals surface area contributed by atoms with E-state index in [1.165, 1.54) is 23.6 Å². The molecule has 1 aromatic carbocycles. The molecule has 6 nitrogen and oxygen atoms in total. The molecule has 0 atom stereocenters. The van der Waals surface area contributed by atoms with Gasteiger partial charge in [0.25, 0.3) is 0 Å². The van der Waals surface area contributed by atoms with Gasteiger partial charge >= 0.3 is 0 Å². The summed E-state index contributed by atoms with van der Waals surface area (Å²) in [7, 11) is 0. The van der Waals surface area contributed by atoms with Crippen molar-refractivity contribution >= 4 is 44.8 Å². The molecule has 0 saturated carbocycles. The molecule has 0 aliphatic rings. The van der Waals surface area contributed by atoms with Crippen molar-refractivity contribution < 1.29 is 4.39 Å². The summed E-state index contributed by atoms with van der Waals surface area (Å²) in [5, 5.41) is 0.736. The van der Waals surface area contributed by atoms with E-state index in [4.69, 9.17) is 23.1 Å². The summed E-state index contributed by atoms with van der Waals surface area (Å²) in [6.45, 7) is 0.